The number of hydrogen-bond acceptors (Lipinski definition) is 3. The Bertz CT molecular complexity index is 624. The summed E-state index contributed by atoms with van der Waals surface area (Å²) in [6, 6.07) is 6.48. The highest BCUT2D eigenvalue weighted by molar-refractivity contribution is 7.99. The number of nitrogens with zero attached hydrogens (tertiary/aromatic N) is 2. The summed E-state index contributed by atoms with van der Waals surface area (Å²) in [4.78, 5) is 16.7. The normalized spacial score (nSPS) is 11.1. The van der Waals surface area contributed by atoms with Crippen molar-refractivity contribution < 1.29 is 4.79 Å². The number of carbonyl (C=O) groups excluding carboxylic acids is 1. The lowest BCUT2D eigenvalue weighted by Gasteiger charge is -2.09. The predicted molar refractivity (Wildman–Crippen MR) is 82.7 cm³/mol. The number of hydrogen-bond donors (Lipinski definition) is 0. The van der Waals surface area contributed by atoms with Crippen LogP contribution in [0.15, 0.2) is 28.1 Å². The summed E-state index contributed by atoms with van der Waals surface area (Å²) in [6.07, 6.45) is 0.817. The van der Waals surface area contributed by atoms with E-state index in [1.807, 2.05) is 11.6 Å². The molecule has 0 N–H and O–H groups in total. The third kappa shape index (κ3) is 2.96. The van der Waals surface area contributed by atoms with Crippen molar-refractivity contribution in [1.29, 1.82) is 0 Å². The largest absolute Gasteiger partial charge is 0.320 e. The SMILES string of the molecule is Cc1cc(C)cc(Sc2c(C(C)C)nc(C=O)n2C)c1. The van der Waals surface area contributed by atoms with Crippen LogP contribution in [-0.2, 0) is 7.05 Å². The lowest BCUT2D eigenvalue weighted by atomic mass is 10.1. The van der Waals surface area contributed by atoms with Crippen LogP contribution in [-0.4, -0.2) is 15.8 Å². The molecule has 1 aromatic carbocycles. The summed E-state index contributed by atoms with van der Waals surface area (Å²) in [5, 5.41) is 1.05. The molecule has 0 atom stereocenters. The van der Waals surface area contributed by atoms with Gasteiger partial charge in [-0.25, -0.2) is 4.98 Å². The Morgan fingerprint density at radius 2 is 1.80 bits per heavy atom. The van der Waals surface area contributed by atoms with E-state index in [9.17, 15) is 4.79 Å². The molecule has 0 aliphatic carbocycles. The third-order valence-corrected chi connectivity index (χ3v) is 4.31. The van der Waals surface area contributed by atoms with Crippen LogP contribution in [0.2, 0.25) is 0 Å². The molecule has 0 bridgehead atoms. The maximum Gasteiger partial charge on any atom is 0.185 e. The molecule has 2 rings (SSSR count). The zero-order valence-electron chi connectivity index (χ0n) is 12.6. The summed E-state index contributed by atoms with van der Waals surface area (Å²) in [5.41, 5.74) is 3.48. The van der Waals surface area contributed by atoms with Gasteiger partial charge in [-0.1, -0.05) is 31.7 Å². The number of aryl methyl sites for hydroxylation is 2. The molecule has 0 saturated heterocycles. The van der Waals surface area contributed by atoms with Crippen LogP contribution in [0.25, 0.3) is 0 Å². The monoisotopic (exact) mass is 288 g/mol. The van der Waals surface area contributed by atoms with E-state index >= 15 is 0 Å². The Balaban J connectivity index is 2.46. The van der Waals surface area contributed by atoms with E-state index in [-0.39, 0.29) is 0 Å². The van der Waals surface area contributed by atoms with E-state index in [2.05, 4.69) is 50.9 Å². The van der Waals surface area contributed by atoms with Gasteiger partial charge in [0.2, 0.25) is 0 Å². The summed E-state index contributed by atoms with van der Waals surface area (Å²) in [6.45, 7) is 8.39. The van der Waals surface area contributed by atoms with Gasteiger partial charge in [-0.2, -0.15) is 0 Å². The first-order chi connectivity index (χ1) is 9.42. The standard InChI is InChI=1S/C16H20N2OS/c1-10(2)15-16(18(5)14(9-19)17-15)20-13-7-11(3)6-12(4)8-13/h6-10H,1-5H3. The molecule has 3 nitrogen and oxygen atoms in total. The molecule has 106 valence electrons. The van der Waals surface area contributed by atoms with Crippen LogP contribution in [0.1, 0.15) is 47.2 Å². The minimum Gasteiger partial charge on any atom is -0.320 e. The van der Waals surface area contributed by atoms with Gasteiger partial charge >= 0.3 is 0 Å². The highest BCUT2D eigenvalue weighted by Gasteiger charge is 2.18. The fourth-order valence-corrected chi connectivity index (χ4v) is 3.56. The highest BCUT2D eigenvalue weighted by atomic mass is 32.2. The van der Waals surface area contributed by atoms with Crippen LogP contribution >= 0.6 is 11.8 Å². The van der Waals surface area contributed by atoms with Gasteiger partial charge in [-0.05, 0) is 43.0 Å². The van der Waals surface area contributed by atoms with E-state index in [0.29, 0.717) is 11.7 Å². The minimum absolute atomic E-state index is 0.295. The Labute approximate surface area is 124 Å². The van der Waals surface area contributed by atoms with Gasteiger partial charge in [0.15, 0.2) is 12.1 Å². The Morgan fingerprint density at radius 1 is 1.20 bits per heavy atom. The predicted octanol–water partition coefficient (Wildman–Crippen LogP) is 4.12. The molecule has 0 amide bonds. The van der Waals surface area contributed by atoms with Crippen molar-refractivity contribution in [2.24, 2.45) is 7.05 Å². The Morgan fingerprint density at radius 3 is 2.30 bits per heavy atom. The van der Waals surface area contributed by atoms with E-state index in [1.54, 1.807) is 11.8 Å². The van der Waals surface area contributed by atoms with Gasteiger partial charge in [0.1, 0.15) is 5.03 Å². The number of rotatable bonds is 4. The first-order valence-corrected chi connectivity index (χ1v) is 7.52. The lowest BCUT2D eigenvalue weighted by molar-refractivity contribution is 0.111. The zero-order valence-corrected chi connectivity index (χ0v) is 13.4. The van der Waals surface area contributed by atoms with Crippen molar-refractivity contribution in [2.45, 2.75) is 43.5 Å². The molecule has 1 aromatic heterocycles. The second-order valence-corrected chi connectivity index (χ2v) is 6.48. The van der Waals surface area contributed by atoms with Crippen LogP contribution in [0, 0.1) is 13.8 Å². The van der Waals surface area contributed by atoms with Gasteiger partial charge in [0, 0.05) is 11.9 Å². The number of aromatic nitrogens is 2. The second-order valence-electron chi connectivity index (χ2n) is 5.42. The molecule has 0 spiro atoms. The Kier molecular flexibility index (Phi) is 4.33. The molecule has 4 heteroatoms. The zero-order chi connectivity index (χ0) is 14.9. The van der Waals surface area contributed by atoms with E-state index in [4.69, 9.17) is 0 Å². The van der Waals surface area contributed by atoms with E-state index in [0.717, 1.165) is 17.0 Å². The first kappa shape index (κ1) is 14.9. The molecular weight excluding hydrogens is 268 g/mol. The van der Waals surface area contributed by atoms with Crippen LogP contribution in [0.5, 0.6) is 0 Å². The van der Waals surface area contributed by atoms with Crippen molar-refractivity contribution in [2.75, 3.05) is 0 Å². The minimum atomic E-state index is 0.295. The molecule has 0 aliphatic heterocycles. The van der Waals surface area contributed by atoms with E-state index < -0.39 is 0 Å². The quantitative estimate of drug-likeness (QED) is 0.794. The van der Waals surface area contributed by atoms with Crippen LogP contribution < -0.4 is 0 Å². The first-order valence-electron chi connectivity index (χ1n) is 6.70. The summed E-state index contributed by atoms with van der Waals surface area (Å²) in [7, 11) is 1.90. The van der Waals surface area contributed by atoms with Gasteiger partial charge in [0.05, 0.1) is 5.69 Å². The van der Waals surface area contributed by atoms with Gasteiger partial charge in [-0.3, -0.25) is 4.79 Å². The van der Waals surface area contributed by atoms with E-state index in [1.165, 1.54) is 16.0 Å². The maximum absolute atomic E-state index is 11.1. The average Bonchev–Trinajstić information content (AvgIpc) is 2.65. The molecule has 20 heavy (non-hydrogen) atoms. The number of imidazole rings is 1. The number of carbonyl (C=O) groups is 1. The van der Waals surface area contributed by atoms with Crippen molar-refractivity contribution in [3.63, 3.8) is 0 Å². The van der Waals surface area contributed by atoms with Crippen molar-refractivity contribution in [3.05, 3.63) is 40.8 Å². The lowest BCUT2D eigenvalue weighted by Crippen LogP contribution is -1.97. The topological polar surface area (TPSA) is 34.9 Å². The van der Waals surface area contributed by atoms with Crippen LogP contribution in [0.3, 0.4) is 0 Å². The maximum atomic E-state index is 11.1. The molecular formula is C16H20N2OS. The third-order valence-electron chi connectivity index (χ3n) is 3.16. The fraction of sp³-hybridized carbons (Fsp3) is 0.375. The van der Waals surface area contributed by atoms with Crippen molar-refractivity contribution >= 4 is 18.0 Å². The van der Waals surface area contributed by atoms with Gasteiger partial charge < -0.3 is 4.57 Å². The number of aldehydes is 1. The molecule has 1 heterocycles. The summed E-state index contributed by atoms with van der Waals surface area (Å²) >= 11 is 1.68. The van der Waals surface area contributed by atoms with Crippen LogP contribution in [0.4, 0.5) is 0 Å². The second kappa shape index (κ2) is 5.83. The van der Waals surface area contributed by atoms with Crippen molar-refractivity contribution in [3.8, 4) is 0 Å². The van der Waals surface area contributed by atoms with Gasteiger partial charge in [0.25, 0.3) is 0 Å². The molecule has 2 aromatic rings. The molecule has 0 aliphatic rings. The summed E-state index contributed by atoms with van der Waals surface area (Å²) < 4.78 is 1.88. The average molecular weight is 288 g/mol. The van der Waals surface area contributed by atoms with Gasteiger partial charge in [-0.15, -0.1) is 0 Å². The smallest absolute Gasteiger partial charge is 0.185 e. The Hall–Kier alpha value is -1.55. The number of benzene rings is 1. The molecule has 0 radical (unpaired) electrons. The molecule has 0 fully saturated rings. The van der Waals surface area contributed by atoms with Crippen molar-refractivity contribution in [1.82, 2.24) is 9.55 Å². The fourth-order valence-electron chi connectivity index (χ4n) is 2.23. The summed E-state index contributed by atoms with van der Waals surface area (Å²) in [5.74, 6) is 0.781. The molecule has 0 unspecified atom stereocenters. The molecule has 0 saturated carbocycles. The highest BCUT2D eigenvalue weighted by Crippen LogP contribution is 2.34.